The van der Waals surface area contributed by atoms with Crippen LogP contribution in [0.25, 0.3) is 0 Å². The van der Waals surface area contributed by atoms with Gasteiger partial charge in [0.15, 0.2) is 20.7 Å². The van der Waals surface area contributed by atoms with E-state index < -0.39 is 32.9 Å². The Morgan fingerprint density at radius 1 is 1.27 bits per heavy atom. The summed E-state index contributed by atoms with van der Waals surface area (Å²) in [6, 6.07) is 2.83. The van der Waals surface area contributed by atoms with Crippen molar-refractivity contribution in [2.75, 3.05) is 6.26 Å². The normalized spacial score (nSPS) is 16.9. The van der Waals surface area contributed by atoms with Crippen molar-refractivity contribution in [2.45, 2.75) is 60.5 Å². The second-order valence-electron chi connectivity index (χ2n) is 6.48. The third kappa shape index (κ3) is 4.77. The molecule has 0 heterocycles. The predicted octanol–water partition coefficient (Wildman–Crippen LogP) is 1.51. The van der Waals surface area contributed by atoms with Crippen LogP contribution in [0, 0.1) is 0 Å². The lowest BCUT2D eigenvalue weighted by atomic mass is 10.0. The molecule has 0 saturated heterocycles. The zero-order chi connectivity index (χ0) is 19.5. The fraction of sp³-hybridized carbons (Fsp3) is 0.529. The second kappa shape index (κ2) is 8.41. The first-order chi connectivity index (χ1) is 12.1. The molecule has 144 valence electrons. The van der Waals surface area contributed by atoms with Crippen LogP contribution in [0.15, 0.2) is 26.9 Å². The summed E-state index contributed by atoms with van der Waals surface area (Å²) < 4.78 is 37.7. The Morgan fingerprint density at radius 3 is 2.38 bits per heavy atom. The summed E-state index contributed by atoms with van der Waals surface area (Å²) in [4.78, 5) is 16.0. The largest absolute Gasteiger partial charge is 0.611 e. The van der Waals surface area contributed by atoms with Crippen molar-refractivity contribution in [3.05, 3.63) is 23.3 Å². The first kappa shape index (κ1) is 20.7. The molecule has 4 N–H and O–H groups in total. The van der Waals surface area contributed by atoms with Crippen molar-refractivity contribution in [1.82, 2.24) is 0 Å². The molecule has 1 aromatic rings. The van der Waals surface area contributed by atoms with Crippen LogP contribution in [0.4, 0.5) is 0 Å². The van der Waals surface area contributed by atoms with E-state index in [9.17, 15) is 17.8 Å². The molecule has 26 heavy (non-hydrogen) atoms. The molecule has 7 nitrogen and oxygen atoms in total. The molecular weight excluding hydrogens is 374 g/mol. The molecule has 1 fully saturated rings. The van der Waals surface area contributed by atoms with Crippen molar-refractivity contribution in [3.8, 4) is 0 Å². The van der Waals surface area contributed by atoms with Gasteiger partial charge in [-0.15, -0.1) is 0 Å². The number of aliphatic imine (C=N–C) groups is 1. The van der Waals surface area contributed by atoms with Gasteiger partial charge in [0.05, 0.1) is 0 Å². The van der Waals surface area contributed by atoms with Crippen molar-refractivity contribution in [2.24, 2.45) is 16.5 Å². The zero-order valence-corrected chi connectivity index (χ0v) is 16.7. The average Bonchev–Trinajstić information content (AvgIpc) is 2.59. The summed E-state index contributed by atoms with van der Waals surface area (Å²) in [5.41, 5.74) is 11.2. The zero-order valence-electron chi connectivity index (χ0n) is 15.0. The third-order valence-corrected chi connectivity index (χ3v) is 7.60. The van der Waals surface area contributed by atoms with Gasteiger partial charge < -0.3 is 16.0 Å². The number of benzene rings is 1. The van der Waals surface area contributed by atoms with Crippen LogP contribution < -0.4 is 11.5 Å². The number of hydrogen-bond acceptors (Lipinski definition) is 4. The summed E-state index contributed by atoms with van der Waals surface area (Å²) in [6.07, 6.45) is 6.22. The van der Waals surface area contributed by atoms with Gasteiger partial charge in [-0.1, -0.05) is 13.3 Å². The van der Waals surface area contributed by atoms with Crippen LogP contribution in [-0.2, 0) is 27.4 Å². The molecule has 1 aliphatic rings. The van der Waals surface area contributed by atoms with Gasteiger partial charge in [0.1, 0.15) is 10.1 Å². The van der Waals surface area contributed by atoms with E-state index in [-0.39, 0.29) is 20.6 Å². The lowest BCUT2D eigenvalue weighted by Crippen LogP contribution is -2.26. The van der Waals surface area contributed by atoms with Crippen molar-refractivity contribution in [1.29, 1.82) is 0 Å². The summed E-state index contributed by atoms with van der Waals surface area (Å²) in [6.45, 7) is 1.83. The molecule has 1 atom stereocenters. The molecule has 0 spiro atoms. The number of guanidine groups is 1. The Labute approximate surface area is 157 Å². The van der Waals surface area contributed by atoms with Gasteiger partial charge >= 0.3 is 0 Å². The molecule has 1 saturated carbocycles. The quantitative estimate of drug-likeness (QED) is 0.437. The second-order valence-corrected chi connectivity index (χ2v) is 10.2. The fourth-order valence-corrected chi connectivity index (χ4v) is 6.27. The first-order valence-electron chi connectivity index (χ1n) is 8.56. The van der Waals surface area contributed by atoms with Gasteiger partial charge in [0.2, 0.25) is 0 Å². The molecule has 0 radical (unpaired) electrons. The van der Waals surface area contributed by atoms with Crippen LogP contribution in [0.5, 0.6) is 0 Å². The summed E-state index contributed by atoms with van der Waals surface area (Å²) in [7, 11) is -3.68. The van der Waals surface area contributed by atoms with E-state index in [0.717, 1.165) is 38.4 Å². The Balaban J connectivity index is 2.60. The van der Waals surface area contributed by atoms with Crippen LogP contribution in [0.1, 0.15) is 54.9 Å². The lowest BCUT2D eigenvalue weighted by molar-refractivity contribution is 0.100. The number of carbonyl (C=O) groups is 1. The minimum Gasteiger partial charge on any atom is -0.611 e. The molecule has 9 heteroatoms. The Morgan fingerprint density at radius 2 is 1.88 bits per heavy atom. The smallest absolute Gasteiger partial charge is 0.280 e. The summed E-state index contributed by atoms with van der Waals surface area (Å²) in [5.74, 6) is -1.10. The van der Waals surface area contributed by atoms with E-state index in [1.54, 1.807) is 6.07 Å². The number of aryl methyl sites for hydroxylation is 1. The summed E-state index contributed by atoms with van der Waals surface area (Å²) in [5, 5.41) is -0.0618. The number of carbonyl (C=O) groups excluding carboxylic acids is 1. The van der Waals surface area contributed by atoms with Gasteiger partial charge in [-0.2, -0.15) is 4.99 Å². The predicted molar refractivity (Wildman–Crippen MR) is 102 cm³/mol. The van der Waals surface area contributed by atoms with Crippen molar-refractivity contribution >= 4 is 32.9 Å². The van der Waals surface area contributed by atoms with E-state index in [1.807, 2.05) is 6.92 Å². The molecule has 1 amide bonds. The molecule has 2 rings (SSSR count). The third-order valence-electron chi connectivity index (χ3n) is 4.48. The molecule has 1 unspecified atom stereocenters. The minimum absolute atomic E-state index is 0.0618. The van der Waals surface area contributed by atoms with Crippen LogP contribution in [0.3, 0.4) is 0 Å². The van der Waals surface area contributed by atoms with Gasteiger partial charge in [0, 0.05) is 11.8 Å². The highest BCUT2D eigenvalue weighted by molar-refractivity contribution is 7.94. The van der Waals surface area contributed by atoms with Gasteiger partial charge in [0.25, 0.3) is 5.91 Å². The maximum atomic E-state index is 13.1. The van der Waals surface area contributed by atoms with Crippen molar-refractivity contribution < 1.29 is 17.8 Å². The highest BCUT2D eigenvalue weighted by Crippen LogP contribution is 2.34. The Bertz CT molecular complexity index is 812. The molecular formula is C17H25N3O4S2. The molecule has 1 aromatic carbocycles. The first-order valence-corrected chi connectivity index (χ1v) is 11.7. The molecule has 1 aliphatic carbocycles. The summed E-state index contributed by atoms with van der Waals surface area (Å²) >= 11 is -1.45. The van der Waals surface area contributed by atoms with E-state index in [2.05, 4.69) is 4.99 Å². The number of sulfone groups is 1. The number of hydrogen-bond donors (Lipinski definition) is 2. The number of amides is 1. The lowest BCUT2D eigenvalue weighted by Gasteiger charge is -2.26. The maximum Gasteiger partial charge on any atom is 0.280 e. The maximum absolute atomic E-state index is 13.1. The van der Waals surface area contributed by atoms with Gasteiger partial charge in [-0.25, -0.2) is 8.42 Å². The standard InChI is InChI=1S/C17H25N3O4S2/c1-3-11-9-14(25(22)12-7-5-4-6-8-12)15(26(2,23)24)10-13(11)16(21)20-17(18)19/h9-10,12H,3-8H2,1-2H3,(H4,18,19,20,21). The molecule has 0 bridgehead atoms. The fourth-order valence-electron chi connectivity index (χ4n) is 3.18. The van der Waals surface area contributed by atoms with Gasteiger partial charge in [-0.05, 0) is 61.0 Å². The number of rotatable bonds is 5. The number of nitrogens with zero attached hydrogens (tertiary/aromatic N) is 1. The molecule has 0 aliphatic heterocycles. The molecule has 0 aromatic heterocycles. The van der Waals surface area contributed by atoms with Gasteiger partial charge in [-0.3, -0.25) is 4.79 Å². The van der Waals surface area contributed by atoms with E-state index in [1.165, 1.54) is 6.07 Å². The Kier molecular flexibility index (Phi) is 6.70. The van der Waals surface area contributed by atoms with Crippen molar-refractivity contribution in [3.63, 3.8) is 0 Å². The van der Waals surface area contributed by atoms with Crippen LogP contribution in [0.2, 0.25) is 0 Å². The SMILES string of the molecule is CCc1cc([S+]([O-])C2CCCCC2)c(S(C)(=O)=O)cc1C(=O)N=C(N)N. The number of nitrogens with two attached hydrogens (primary N) is 2. The highest BCUT2D eigenvalue weighted by atomic mass is 32.2. The topological polar surface area (TPSA) is 139 Å². The monoisotopic (exact) mass is 399 g/mol. The van der Waals surface area contributed by atoms with E-state index >= 15 is 0 Å². The van der Waals surface area contributed by atoms with E-state index in [4.69, 9.17) is 11.5 Å². The highest BCUT2D eigenvalue weighted by Gasteiger charge is 2.33. The Hall–Kier alpha value is -1.58. The van der Waals surface area contributed by atoms with E-state index in [0.29, 0.717) is 12.0 Å². The average molecular weight is 400 g/mol. The van der Waals surface area contributed by atoms with Crippen LogP contribution >= 0.6 is 0 Å². The van der Waals surface area contributed by atoms with Crippen LogP contribution in [-0.4, -0.2) is 36.3 Å². The minimum atomic E-state index is -3.68.